The van der Waals surface area contributed by atoms with Gasteiger partial charge in [-0.05, 0) is 104 Å². The molecule has 0 aliphatic heterocycles. The second-order valence-electron chi connectivity index (χ2n) is 15.3. The predicted octanol–water partition coefficient (Wildman–Crippen LogP) is 16.1. The van der Waals surface area contributed by atoms with E-state index in [1.54, 1.807) is 0 Å². The van der Waals surface area contributed by atoms with Gasteiger partial charge in [0, 0.05) is 33.4 Å². The van der Waals surface area contributed by atoms with Gasteiger partial charge in [-0.25, -0.2) is 0 Å². The SMILES string of the molecule is c1ccc(-c2ccc(-c3ccc(N(c4ccc(-c5ccc(-n6c7ccccc7c7c8ccccc8ccc76)cc5)cc4)c4ccccc4-c4ccccc4)cc3)cc2)cc1. The average Bonchev–Trinajstić information content (AvgIpc) is 3.68. The molecule has 11 aromatic rings. The Morgan fingerprint density at radius 1 is 0.283 bits per heavy atom. The Hall–Kier alpha value is -7.94. The van der Waals surface area contributed by atoms with Crippen LogP contribution in [0.25, 0.3) is 82.8 Å². The van der Waals surface area contributed by atoms with Crippen LogP contribution in [0.1, 0.15) is 0 Å². The van der Waals surface area contributed by atoms with Gasteiger partial charge in [0.2, 0.25) is 0 Å². The Labute approximate surface area is 350 Å². The van der Waals surface area contributed by atoms with Gasteiger partial charge in [-0.1, -0.05) is 188 Å². The van der Waals surface area contributed by atoms with Crippen LogP contribution >= 0.6 is 0 Å². The first-order valence-corrected chi connectivity index (χ1v) is 20.6. The van der Waals surface area contributed by atoms with Crippen LogP contribution in [-0.2, 0) is 0 Å². The fourth-order valence-electron chi connectivity index (χ4n) is 8.87. The van der Waals surface area contributed by atoms with Crippen LogP contribution in [0.2, 0.25) is 0 Å². The summed E-state index contributed by atoms with van der Waals surface area (Å²) in [7, 11) is 0. The summed E-state index contributed by atoms with van der Waals surface area (Å²) < 4.78 is 2.40. The number of hydrogen-bond donors (Lipinski definition) is 0. The molecular formula is C58H40N2. The van der Waals surface area contributed by atoms with E-state index in [0.717, 1.165) is 22.7 Å². The maximum absolute atomic E-state index is 2.40. The molecule has 1 heterocycles. The Morgan fingerprint density at radius 2 is 0.733 bits per heavy atom. The number of aromatic nitrogens is 1. The molecule has 0 radical (unpaired) electrons. The van der Waals surface area contributed by atoms with Crippen molar-refractivity contribution in [2.75, 3.05) is 4.90 Å². The number of para-hydroxylation sites is 2. The summed E-state index contributed by atoms with van der Waals surface area (Å²) in [5, 5.41) is 5.12. The van der Waals surface area contributed by atoms with Gasteiger partial charge >= 0.3 is 0 Å². The normalized spacial score (nSPS) is 11.3. The third-order valence-corrected chi connectivity index (χ3v) is 11.8. The highest BCUT2D eigenvalue weighted by Crippen LogP contribution is 2.42. The first-order valence-electron chi connectivity index (χ1n) is 20.6. The van der Waals surface area contributed by atoms with Gasteiger partial charge in [0.25, 0.3) is 0 Å². The van der Waals surface area contributed by atoms with Crippen LogP contribution in [0, 0.1) is 0 Å². The van der Waals surface area contributed by atoms with Crippen molar-refractivity contribution in [1.82, 2.24) is 4.57 Å². The molecule has 0 bridgehead atoms. The predicted molar refractivity (Wildman–Crippen MR) is 255 cm³/mol. The monoisotopic (exact) mass is 764 g/mol. The molecule has 0 unspecified atom stereocenters. The summed E-state index contributed by atoms with van der Waals surface area (Å²) in [4.78, 5) is 2.38. The van der Waals surface area contributed by atoms with Gasteiger partial charge in [-0.3, -0.25) is 0 Å². The molecule has 60 heavy (non-hydrogen) atoms. The number of anilines is 3. The molecule has 0 amide bonds. The van der Waals surface area contributed by atoms with E-state index in [2.05, 4.69) is 252 Å². The van der Waals surface area contributed by atoms with Crippen molar-refractivity contribution in [3.8, 4) is 50.2 Å². The van der Waals surface area contributed by atoms with E-state index >= 15 is 0 Å². The van der Waals surface area contributed by atoms with Gasteiger partial charge in [0.1, 0.15) is 0 Å². The number of benzene rings is 10. The van der Waals surface area contributed by atoms with E-state index in [9.17, 15) is 0 Å². The first-order chi connectivity index (χ1) is 29.8. The Balaban J connectivity index is 0.944. The standard InChI is InChI=1S/C58H40N2/c1-3-13-41(14-4-1)42-23-25-43(26-24-42)44-27-34-49(35-28-44)59(55-21-11-9-18-52(55)47-15-5-2-6-16-47)50-36-29-45(30-37-50)46-31-38-51(39-32-46)60-56-22-12-10-20-54(56)58-53-19-8-7-17-48(53)33-40-57(58)60/h1-40H. The zero-order valence-corrected chi connectivity index (χ0v) is 33.0. The molecule has 1 aromatic heterocycles. The highest BCUT2D eigenvalue weighted by atomic mass is 15.1. The van der Waals surface area contributed by atoms with Crippen molar-refractivity contribution >= 4 is 49.6 Å². The van der Waals surface area contributed by atoms with Crippen LogP contribution in [-0.4, -0.2) is 4.57 Å². The summed E-state index contributed by atoms with van der Waals surface area (Å²) in [5.74, 6) is 0. The van der Waals surface area contributed by atoms with Crippen molar-refractivity contribution in [3.63, 3.8) is 0 Å². The molecule has 0 aliphatic rings. The van der Waals surface area contributed by atoms with Gasteiger partial charge in [0.15, 0.2) is 0 Å². The Bertz CT molecular complexity index is 3250. The highest BCUT2D eigenvalue weighted by Gasteiger charge is 2.18. The van der Waals surface area contributed by atoms with Crippen LogP contribution in [0.3, 0.4) is 0 Å². The van der Waals surface area contributed by atoms with E-state index in [4.69, 9.17) is 0 Å². The summed E-state index contributed by atoms with van der Waals surface area (Å²) in [6, 6.07) is 87.7. The van der Waals surface area contributed by atoms with Gasteiger partial charge in [0.05, 0.1) is 16.7 Å². The minimum atomic E-state index is 1.09. The van der Waals surface area contributed by atoms with Gasteiger partial charge < -0.3 is 9.47 Å². The summed E-state index contributed by atoms with van der Waals surface area (Å²) in [5.41, 5.74) is 16.4. The highest BCUT2D eigenvalue weighted by molar-refractivity contribution is 6.21. The van der Waals surface area contributed by atoms with E-state index in [-0.39, 0.29) is 0 Å². The minimum absolute atomic E-state index is 1.09. The molecule has 282 valence electrons. The summed E-state index contributed by atoms with van der Waals surface area (Å²) >= 11 is 0. The van der Waals surface area contributed by atoms with E-state index in [1.807, 2.05) is 0 Å². The molecule has 0 atom stereocenters. The summed E-state index contributed by atoms with van der Waals surface area (Å²) in [6.45, 7) is 0. The Morgan fingerprint density at radius 3 is 1.35 bits per heavy atom. The second kappa shape index (κ2) is 15.1. The molecule has 0 spiro atoms. The minimum Gasteiger partial charge on any atom is -0.310 e. The maximum Gasteiger partial charge on any atom is 0.0547 e. The van der Waals surface area contributed by atoms with Crippen molar-refractivity contribution in [1.29, 1.82) is 0 Å². The van der Waals surface area contributed by atoms with Crippen molar-refractivity contribution < 1.29 is 0 Å². The topological polar surface area (TPSA) is 8.17 Å². The fraction of sp³-hybridized carbons (Fsp3) is 0. The van der Waals surface area contributed by atoms with Crippen LogP contribution in [0.15, 0.2) is 243 Å². The lowest BCUT2D eigenvalue weighted by Gasteiger charge is -2.28. The van der Waals surface area contributed by atoms with E-state index in [0.29, 0.717) is 0 Å². The zero-order valence-electron chi connectivity index (χ0n) is 33.0. The molecule has 0 saturated carbocycles. The molecule has 0 saturated heterocycles. The number of nitrogens with zero attached hydrogens (tertiary/aromatic N) is 2. The fourth-order valence-corrected chi connectivity index (χ4v) is 8.87. The molecule has 11 rings (SSSR count). The van der Waals surface area contributed by atoms with Gasteiger partial charge in [-0.15, -0.1) is 0 Å². The lowest BCUT2D eigenvalue weighted by Crippen LogP contribution is -2.11. The molecular weight excluding hydrogens is 725 g/mol. The maximum atomic E-state index is 2.40. The van der Waals surface area contributed by atoms with Gasteiger partial charge in [-0.2, -0.15) is 0 Å². The quantitative estimate of drug-likeness (QED) is 0.150. The molecule has 2 heteroatoms. The smallest absolute Gasteiger partial charge is 0.0547 e. The van der Waals surface area contributed by atoms with E-state index in [1.165, 1.54) is 77.1 Å². The third-order valence-electron chi connectivity index (χ3n) is 11.8. The number of hydrogen-bond acceptors (Lipinski definition) is 1. The summed E-state index contributed by atoms with van der Waals surface area (Å²) in [6.07, 6.45) is 0. The van der Waals surface area contributed by atoms with E-state index < -0.39 is 0 Å². The molecule has 0 fully saturated rings. The van der Waals surface area contributed by atoms with Crippen LogP contribution in [0.5, 0.6) is 0 Å². The number of fused-ring (bicyclic) bond motifs is 5. The zero-order chi connectivity index (χ0) is 39.8. The number of rotatable bonds is 8. The van der Waals surface area contributed by atoms with Crippen molar-refractivity contribution in [2.45, 2.75) is 0 Å². The third kappa shape index (κ3) is 6.32. The molecule has 10 aromatic carbocycles. The van der Waals surface area contributed by atoms with Crippen molar-refractivity contribution in [3.05, 3.63) is 243 Å². The van der Waals surface area contributed by atoms with Crippen molar-refractivity contribution in [2.24, 2.45) is 0 Å². The molecule has 2 nitrogen and oxygen atoms in total. The molecule has 0 N–H and O–H groups in total. The lowest BCUT2D eigenvalue weighted by atomic mass is 9.99. The molecule has 0 aliphatic carbocycles. The Kier molecular flexibility index (Phi) is 8.87. The second-order valence-corrected chi connectivity index (χ2v) is 15.3. The van der Waals surface area contributed by atoms with Crippen LogP contribution < -0.4 is 4.90 Å². The first kappa shape index (κ1) is 35.2. The lowest BCUT2D eigenvalue weighted by molar-refractivity contribution is 1.18. The van der Waals surface area contributed by atoms with Crippen LogP contribution in [0.4, 0.5) is 17.1 Å². The average molecular weight is 765 g/mol. The largest absolute Gasteiger partial charge is 0.310 e.